The van der Waals surface area contributed by atoms with E-state index in [4.69, 9.17) is 16.3 Å². The van der Waals surface area contributed by atoms with E-state index in [1.54, 1.807) is 24.4 Å². The molecule has 8 heteroatoms. The number of likely N-dealkylation sites (tertiary alicyclic amines) is 1. The minimum Gasteiger partial charge on any atom is -0.473 e. The largest absolute Gasteiger partial charge is 0.514 e. The molecule has 2 aromatic heterocycles. The number of fused-ring (bicyclic) bond motifs is 1. The molecular weight excluding hydrogens is 373 g/mol. The molecule has 0 bridgehead atoms. The molecule has 1 fully saturated rings. The third-order valence-corrected chi connectivity index (χ3v) is 5.56. The molecule has 0 spiro atoms. The SMILES string of the molecule is CC(C)(C)[N+]1(C(=O)O)CCC[C@@](F)(COc2nc(Cl)cc3ncccc23)C1. The van der Waals surface area contributed by atoms with Gasteiger partial charge < -0.3 is 9.84 Å². The van der Waals surface area contributed by atoms with E-state index in [1.807, 2.05) is 20.8 Å². The van der Waals surface area contributed by atoms with Crippen LogP contribution in [0.1, 0.15) is 33.6 Å². The highest BCUT2D eigenvalue weighted by Crippen LogP contribution is 2.38. The van der Waals surface area contributed by atoms with Crippen LogP contribution in [-0.4, -0.2) is 56.6 Å². The number of pyridine rings is 2. The first-order valence-electron chi connectivity index (χ1n) is 8.90. The summed E-state index contributed by atoms with van der Waals surface area (Å²) in [6.45, 7) is 5.44. The Morgan fingerprint density at radius 2 is 2.22 bits per heavy atom. The van der Waals surface area contributed by atoms with Crippen molar-refractivity contribution in [2.24, 2.45) is 0 Å². The Morgan fingerprint density at radius 1 is 1.48 bits per heavy atom. The minimum absolute atomic E-state index is 0.150. The van der Waals surface area contributed by atoms with Crippen LogP contribution in [0.3, 0.4) is 0 Å². The smallest absolute Gasteiger partial charge is 0.473 e. The van der Waals surface area contributed by atoms with Crippen molar-refractivity contribution in [3.8, 4) is 5.88 Å². The number of nitrogens with zero attached hydrogens (tertiary/aromatic N) is 3. The van der Waals surface area contributed by atoms with Gasteiger partial charge in [0, 0.05) is 18.7 Å². The molecular formula is C19H24ClFN3O3+. The molecule has 27 heavy (non-hydrogen) atoms. The van der Waals surface area contributed by atoms with Gasteiger partial charge in [-0.3, -0.25) is 4.98 Å². The Hall–Kier alpha value is -1.99. The van der Waals surface area contributed by atoms with Crippen LogP contribution in [0.4, 0.5) is 9.18 Å². The van der Waals surface area contributed by atoms with Crippen LogP contribution >= 0.6 is 11.6 Å². The lowest BCUT2D eigenvalue weighted by molar-refractivity contribution is -0.913. The van der Waals surface area contributed by atoms with E-state index in [2.05, 4.69) is 9.97 Å². The first-order valence-corrected chi connectivity index (χ1v) is 9.28. The van der Waals surface area contributed by atoms with Crippen molar-refractivity contribution in [2.75, 3.05) is 19.7 Å². The molecule has 1 amide bonds. The summed E-state index contributed by atoms with van der Waals surface area (Å²) in [5.74, 6) is 0.206. The average Bonchev–Trinajstić information content (AvgIpc) is 2.58. The second-order valence-electron chi connectivity index (χ2n) is 8.17. The number of ether oxygens (including phenoxy) is 1. The normalized spacial score (nSPS) is 26.1. The maximum Gasteiger partial charge on any atom is 0.514 e. The standard InChI is InChI=1S/C19H23ClFN3O3/c1-18(2,3)24(17(25)26)9-5-7-19(21,11-24)12-27-16-13-6-4-8-22-14(13)10-15(20)23-16/h4,6,8,10H,5,7,9,11-12H2,1-3H3/p+1/t19-,24?/m0/s1. The van der Waals surface area contributed by atoms with E-state index in [-0.39, 0.29) is 35.1 Å². The molecule has 2 atom stereocenters. The fourth-order valence-corrected chi connectivity index (χ4v) is 3.95. The fourth-order valence-electron chi connectivity index (χ4n) is 3.77. The van der Waals surface area contributed by atoms with Crippen LogP contribution in [-0.2, 0) is 0 Å². The van der Waals surface area contributed by atoms with Crippen molar-refractivity contribution in [3.63, 3.8) is 0 Å². The monoisotopic (exact) mass is 396 g/mol. The number of piperidine rings is 1. The van der Waals surface area contributed by atoms with Crippen LogP contribution in [0.25, 0.3) is 10.9 Å². The highest BCUT2D eigenvalue weighted by atomic mass is 35.5. The predicted octanol–water partition coefficient (Wildman–Crippen LogP) is 4.46. The number of amides is 1. The van der Waals surface area contributed by atoms with Gasteiger partial charge in [0.05, 0.1) is 17.4 Å². The quantitative estimate of drug-likeness (QED) is 0.612. The lowest BCUT2D eigenvalue weighted by atomic mass is 9.88. The van der Waals surface area contributed by atoms with E-state index in [0.717, 1.165) is 0 Å². The third kappa shape index (κ3) is 3.71. The maximum atomic E-state index is 15.7. The summed E-state index contributed by atoms with van der Waals surface area (Å²) in [6.07, 6.45) is 1.32. The number of hydrogen-bond acceptors (Lipinski definition) is 4. The second-order valence-corrected chi connectivity index (χ2v) is 8.55. The number of hydrogen-bond donors (Lipinski definition) is 1. The number of carboxylic acid groups (broad SMARTS) is 1. The molecule has 6 nitrogen and oxygen atoms in total. The number of carbonyl (C=O) groups is 1. The Bertz CT molecular complexity index is 873. The predicted molar refractivity (Wildman–Crippen MR) is 101 cm³/mol. The molecule has 1 N–H and O–H groups in total. The summed E-state index contributed by atoms with van der Waals surface area (Å²) < 4.78 is 21.0. The van der Waals surface area contributed by atoms with Crippen molar-refractivity contribution >= 4 is 28.6 Å². The van der Waals surface area contributed by atoms with Gasteiger partial charge in [-0.25, -0.2) is 13.9 Å². The van der Waals surface area contributed by atoms with Gasteiger partial charge >= 0.3 is 6.09 Å². The second kappa shape index (κ2) is 6.87. The highest BCUT2D eigenvalue weighted by molar-refractivity contribution is 6.30. The molecule has 146 valence electrons. The number of rotatable bonds is 3. The molecule has 0 aromatic carbocycles. The van der Waals surface area contributed by atoms with Crippen molar-refractivity contribution in [3.05, 3.63) is 29.5 Å². The first kappa shape index (κ1) is 19.8. The summed E-state index contributed by atoms with van der Waals surface area (Å²) in [7, 11) is 0. The number of aromatic nitrogens is 2. The summed E-state index contributed by atoms with van der Waals surface area (Å²) in [5.41, 5.74) is -1.80. The number of quaternary nitrogens is 1. The molecule has 1 unspecified atom stereocenters. The lowest BCUT2D eigenvalue weighted by Gasteiger charge is -2.49. The van der Waals surface area contributed by atoms with Gasteiger partial charge in [-0.15, -0.1) is 0 Å². The molecule has 0 saturated carbocycles. The molecule has 1 aliphatic heterocycles. The molecule has 1 aliphatic rings. The van der Waals surface area contributed by atoms with Crippen LogP contribution in [0, 0.1) is 0 Å². The summed E-state index contributed by atoms with van der Waals surface area (Å²) in [6, 6.07) is 5.13. The van der Waals surface area contributed by atoms with Gasteiger partial charge in [-0.2, -0.15) is 4.79 Å². The van der Waals surface area contributed by atoms with E-state index < -0.39 is 17.3 Å². The minimum atomic E-state index is -1.78. The Labute approximate surface area is 162 Å². The highest BCUT2D eigenvalue weighted by Gasteiger charge is 2.56. The van der Waals surface area contributed by atoms with Gasteiger partial charge in [-0.1, -0.05) is 11.6 Å². The van der Waals surface area contributed by atoms with Crippen molar-refractivity contribution in [1.82, 2.24) is 9.97 Å². The van der Waals surface area contributed by atoms with Crippen molar-refractivity contribution < 1.29 is 23.5 Å². The van der Waals surface area contributed by atoms with Gasteiger partial charge in [0.1, 0.15) is 23.8 Å². The summed E-state index contributed by atoms with van der Waals surface area (Å²) >= 11 is 6.02. The number of halogens is 2. The van der Waals surface area contributed by atoms with Crippen molar-refractivity contribution in [2.45, 2.75) is 44.8 Å². The molecule has 0 aliphatic carbocycles. The van der Waals surface area contributed by atoms with E-state index in [0.29, 0.717) is 23.9 Å². The summed E-state index contributed by atoms with van der Waals surface area (Å²) in [5, 5.41) is 10.7. The molecule has 3 heterocycles. The Balaban J connectivity index is 1.87. The summed E-state index contributed by atoms with van der Waals surface area (Å²) in [4.78, 5) is 20.4. The van der Waals surface area contributed by atoms with Crippen LogP contribution in [0.15, 0.2) is 24.4 Å². The third-order valence-electron chi connectivity index (χ3n) is 5.37. The maximum absolute atomic E-state index is 15.7. The van der Waals surface area contributed by atoms with Gasteiger partial charge in [0.15, 0.2) is 5.67 Å². The van der Waals surface area contributed by atoms with E-state index >= 15 is 4.39 Å². The van der Waals surface area contributed by atoms with Crippen LogP contribution in [0.5, 0.6) is 5.88 Å². The Morgan fingerprint density at radius 3 is 2.89 bits per heavy atom. The zero-order valence-electron chi connectivity index (χ0n) is 15.7. The van der Waals surface area contributed by atoms with E-state index in [1.165, 1.54) is 0 Å². The number of alkyl halides is 1. The van der Waals surface area contributed by atoms with Gasteiger partial charge in [0.25, 0.3) is 0 Å². The first-order chi connectivity index (χ1) is 12.6. The fraction of sp³-hybridized carbons (Fsp3) is 0.526. The zero-order valence-corrected chi connectivity index (χ0v) is 16.5. The molecule has 0 radical (unpaired) electrons. The van der Waals surface area contributed by atoms with Crippen LogP contribution < -0.4 is 4.74 Å². The van der Waals surface area contributed by atoms with Crippen LogP contribution in [0.2, 0.25) is 5.15 Å². The lowest BCUT2D eigenvalue weighted by Crippen LogP contribution is -2.70. The zero-order chi connectivity index (χ0) is 19.9. The van der Waals surface area contributed by atoms with Gasteiger partial charge in [0.2, 0.25) is 5.88 Å². The Kier molecular flexibility index (Phi) is 5.03. The average molecular weight is 397 g/mol. The van der Waals surface area contributed by atoms with Crippen molar-refractivity contribution in [1.29, 1.82) is 0 Å². The topological polar surface area (TPSA) is 72.3 Å². The van der Waals surface area contributed by atoms with E-state index in [9.17, 15) is 9.90 Å². The molecule has 1 saturated heterocycles. The molecule has 2 aromatic rings. The molecule has 3 rings (SSSR count). The van der Waals surface area contributed by atoms with Gasteiger partial charge in [-0.05, 0) is 39.3 Å².